The predicted molar refractivity (Wildman–Crippen MR) is 110 cm³/mol. The van der Waals surface area contributed by atoms with E-state index in [9.17, 15) is 19.2 Å². The van der Waals surface area contributed by atoms with E-state index in [0.717, 1.165) is 0 Å². The molecule has 0 aliphatic heterocycles. The number of hydrogen-bond donors (Lipinski definition) is 0. The first-order valence-corrected chi connectivity index (χ1v) is 10.7. The molecule has 3 aliphatic carbocycles. The van der Waals surface area contributed by atoms with Gasteiger partial charge in [-0.15, -0.1) is 0 Å². The monoisotopic (exact) mass is 416 g/mol. The molecule has 3 aliphatic rings. The molecule has 0 unspecified atom stereocenters. The lowest BCUT2D eigenvalue weighted by Gasteiger charge is -2.54. The lowest BCUT2D eigenvalue weighted by atomic mass is 9.52. The zero-order valence-corrected chi connectivity index (χ0v) is 18.6. The van der Waals surface area contributed by atoms with Crippen molar-refractivity contribution >= 4 is 23.5 Å². The van der Waals surface area contributed by atoms with Crippen LogP contribution in [-0.2, 0) is 28.7 Å². The fourth-order valence-corrected chi connectivity index (χ4v) is 5.81. The van der Waals surface area contributed by atoms with Crippen LogP contribution >= 0.6 is 0 Å². The maximum absolute atomic E-state index is 13.4. The predicted octanol–water partition coefficient (Wildman–Crippen LogP) is 3.73. The summed E-state index contributed by atoms with van der Waals surface area (Å²) in [6.07, 6.45) is 3.12. The van der Waals surface area contributed by atoms with Gasteiger partial charge in [0.1, 0.15) is 18.0 Å². The molecule has 1 fully saturated rings. The highest BCUT2D eigenvalue weighted by molar-refractivity contribution is 6.12. The Morgan fingerprint density at radius 3 is 2.30 bits per heavy atom. The first-order valence-electron chi connectivity index (χ1n) is 10.7. The summed E-state index contributed by atoms with van der Waals surface area (Å²) in [5.74, 6) is -1.30. The largest absolute Gasteiger partial charge is 0.462 e. The molecule has 0 heterocycles. The number of Topliss-reactive ketones (excluding diaryl/α,β-unsaturated/α-hetero) is 2. The van der Waals surface area contributed by atoms with Crippen LogP contribution < -0.4 is 0 Å². The molecule has 0 amide bonds. The van der Waals surface area contributed by atoms with E-state index in [1.807, 2.05) is 26.8 Å². The van der Waals surface area contributed by atoms with Crippen molar-refractivity contribution in [2.24, 2.45) is 22.7 Å². The number of carbonyl (C=O) groups is 4. The van der Waals surface area contributed by atoms with Crippen LogP contribution in [0.3, 0.4) is 0 Å². The van der Waals surface area contributed by atoms with Crippen LogP contribution in [-0.4, -0.2) is 35.7 Å². The fourth-order valence-electron chi connectivity index (χ4n) is 5.81. The average Bonchev–Trinajstić information content (AvgIpc) is 2.91. The Morgan fingerprint density at radius 1 is 1.07 bits per heavy atom. The lowest BCUT2D eigenvalue weighted by molar-refractivity contribution is -0.174. The number of esters is 2. The number of fused-ring (bicyclic) bond motifs is 2. The Morgan fingerprint density at radius 2 is 1.70 bits per heavy atom. The molecule has 2 bridgehead atoms. The van der Waals surface area contributed by atoms with Crippen molar-refractivity contribution < 1.29 is 28.7 Å². The van der Waals surface area contributed by atoms with Crippen LogP contribution in [0.15, 0.2) is 23.8 Å². The van der Waals surface area contributed by atoms with Crippen molar-refractivity contribution in [2.45, 2.75) is 78.9 Å². The molecule has 0 aromatic carbocycles. The van der Waals surface area contributed by atoms with Crippen molar-refractivity contribution in [1.82, 2.24) is 0 Å². The quantitative estimate of drug-likeness (QED) is 0.504. The summed E-state index contributed by atoms with van der Waals surface area (Å²) in [6, 6.07) is 0. The number of allylic oxidation sites excluding steroid dienone is 2. The van der Waals surface area contributed by atoms with Crippen LogP contribution in [0.25, 0.3) is 0 Å². The fraction of sp³-hybridized carbons (Fsp3) is 0.667. The van der Waals surface area contributed by atoms with Crippen molar-refractivity contribution in [1.29, 1.82) is 0 Å². The summed E-state index contributed by atoms with van der Waals surface area (Å²) in [4.78, 5) is 49.9. The molecule has 0 N–H and O–H groups in total. The van der Waals surface area contributed by atoms with Crippen molar-refractivity contribution in [3.8, 4) is 0 Å². The lowest BCUT2D eigenvalue weighted by Crippen LogP contribution is -2.55. The molecular formula is C24H32O6. The van der Waals surface area contributed by atoms with Gasteiger partial charge in [0.2, 0.25) is 0 Å². The molecule has 5 atom stereocenters. The molecule has 0 spiro atoms. The van der Waals surface area contributed by atoms with E-state index < -0.39 is 22.9 Å². The maximum atomic E-state index is 13.4. The summed E-state index contributed by atoms with van der Waals surface area (Å²) < 4.78 is 11.2. The topological polar surface area (TPSA) is 86.7 Å². The second-order valence-corrected chi connectivity index (χ2v) is 9.81. The molecule has 0 saturated heterocycles. The van der Waals surface area contributed by atoms with Crippen molar-refractivity contribution in [3.63, 3.8) is 0 Å². The van der Waals surface area contributed by atoms with Gasteiger partial charge in [-0.1, -0.05) is 33.4 Å². The first-order chi connectivity index (χ1) is 13.9. The van der Waals surface area contributed by atoms with E-state index in [0.29, 0.717) is 43.3 Å². The number of ketones is 2. The van der Waals surface area contributed by atoms with Gasteiger partial charge in [-0.3, -0.25) is 19.2 Å². The van der Waals surface area contributed by atoms with Gasteiger partial charge < -0.3 is 9.47 Å². The minimum absolute atomic E-state index is 0.146. The van der Waals surface area contributed by atoms with E-state index in [2.05, 4.69) is 6.58 Å². The number of rotatable bonds is 2. The normalized spacial score (nSPS) is 35.9. The molecule has 0 radical (unpaired) electrons. The highest BCUT2D eigenvalue weighted by atomic mass is 16.5. The Kier molecular flexibility index (Phi) is 5.82. The number of carbonyl (C=O) groups excluding carboxylic acids is 4. The van der Waals surface area contributed by atoms with Gasteiger partial charge in [-0.25, -0.2) is 0 Å². The average molecular weight is 417 g/mol. The second-order valence-electron chi connectivity index (χ2n) is 9.81. The SMILES string of the molecule is C=C1C(=O)C2=C[C@H]1CCC(=O)[C@]1(C)CC[C@H](OC(C)=O)C(C)(C)[C@H]1C[C@H]2OC(C)=O. The summed E-state index contributed by atoms with van der Waals surface area (Å²) in [7, 11) is 0. The Labute approximate surface area is 178 Å². The Bertz CT molecular complexity index is 835. The summed E-state index contributed by atoms with van der Waals surface area (Å²) in [6.45, 7) is 12.6. The molecule has 1 saturated carbocycles. The maximum Gasteiger partial charge on any atom is 0.303 e. The second kappa shape index (κ2) is 7.78. The van der Waals surface area contributed by atoms with Gasteiger partial charge in [0.25, 0.3) is 0 Å². The first kappa shape index (κ1) is 22.4. The summed E-state index contributed by atoms with van der Waals surface area (Å²) >= 11 is 0. The van der Waals surface area contributed by atoms with Gasteiger partial charge in [0, 0.05) is 42.6 Å². The van der Waals surface area contributed by atoms with E-state index in [4.69, 9.17) is 9.47 Å². The van der Waals surface area contributed by atoms with Crippen LogP contribution in [0.1, 0.15) is 66.7 Å². The summed E-state index contributed by atoms with van der Waals surface area (Å²) in [5, 5.41) is 0. The highest BCUT2D eigenvalue weighted by Crippen LogP contribution is 2.56. The van der Waals surface area contributed by atoms with Crippen LogP contribution in [0.4, 0.5) is 0 Å². The van der Waals surface area contributed by atoms with Crippen LogP contribution in [0.2, 0.25) is 0 Å². The van der Waals surface area contributed by atoms with Crippen LogP contribution in [0, 0.1) is 22.7 Å². The molecule has 0 aromatic rings. The molecule has 164 valence electrons. The number of ether oxygens (including phenoxy) is 2. The van der Waals surface area contributed by atoms with Gasteiger partial charge in [0.15, 0.2) is 5.78 Å². The summed E-state index contributed by atoms with van der Waals surface area (Å²) in [5.41, 5.74) is -0.269. The van der Waals surface area contributed by atoms with Crippen LogP contribution in [0.5, 0.6) is 0 Å². The van der Waals surface area contributed by atoms with Gasteiger partial charge in [-0.2, -0.15) is 0 Å². The molecular weight excluding hydrogens is 384 g/mol. The minimum atomic E-state index is -0.748. The third-order valence-corrected chi connectivity index (χ3v) is 7.54. The van der Waals surface area contributed by atoms with E-state index in [-0.39, 0.29) is 35.5 Å². The highest BCUT2D eigenvalue weighted by Gasteiger charge is 2.57. The van der Waals surface area contributed by atoms with E-state index in [1.54, 1.807) is 0 Å². The molecule has 6 nitrogen and oxygen atoms in total. The third-order valence-electron chi connectivity index (χ3n) is 7.54. The van der Waals surface area contributed by atoms with E-state index in [1.165, 1.54) is 13.8 Å². The van der Waals surface area contributed by atoms with Gasteiger partial charge >= 0.3 is 11.9 Å². The zero-order valence-electron chi connectivity index (χ0n) is 18.6. The zero-order chi connectivity index (χ0) is 22.4. The van der Waals surface area contributed by atoms with Crippen molar-refractivity contribution in [3.05, 3.63) is 23.8 Å². The molecule has 30 heavy (non-hydrogen) atoms. The van der Waals surface area contributed by atoms with E-state index >= 15 is 0 Å². The van der Waals surface area contributed by atoms with Gasteiger partial charge in [-0.05, 0) is 37.2 Å². The smallest absolute Gasteiger partial charge is 0.303 e. The third kappa shape index (κ3) is 3.77. The molecule has 0 aromatic heterocycles. The number of hydrogen-bond acceptors (Lipinski definition) is 6. The van der Waals surface area contributed by atoms with Crippen molar-refractivity contribution in [2.75, 3.05) is 0 Å². The Balaban J connectivity index is 2.09. The molecule has 6 heteroatoms. The standard InChI is InChI=1S/C24H32O6/c1-13-16-7-8-20(27)24(6)10-9-21(30-15(3)26)23(4,5)19(24)12-18(29-14(2)25)17(11-16)22(13)28/h11,16,18-19,21H,1,7-10,12H2,2-6H3/t16-,18-,19-,21+,24-/m1/s1. The van der Waals surface area contributed by atoms with Gasteiger partial charge in [0.05, 0.1) is 0 Å². The molecule has 3 rings (SSSR count). The minimum Gasteiger partial charge on any atom is -0.462 e. The Hall–Kier alpha value is -2.24.